The number of ether oxygens (including phenoxy) is 1. The summed E-state index contributed by atoms with van der Waals surface area (Å²) in [7, 11) is 0. The summed E-state index contributed by atoms with van der Waals surface area (Å²) in [6.45, 7) is 1.55. The number of carbonyl (C=O) groups excluding carboxylic acids is 2. The van der Waals surface area contributed by atoms with Crippen molar-refractivity contribution in [1.82, 2.24) is 24.4 Å². The van der Waals surface area contributed by atoms with Crippen molar-refractivity contribution >= 4 is 46.3 Å². The van der Waals surface area contributed by atoms with E-state index in [1.807, 2.05) is 11.0 Å². The summed E-state index contributed by atoms with van der Waals surface area (Å²) >= 11 is 6.39. The van der Waals surface area contributed by atoms with Crippen LogP contribution >= 0.6 is 11.6 Å². The molecule has 7 rings (SSSR count). The third kappa shape index (κ3) is 4.25. The number of aromatic nitrogens is 4. The zero-order valence-electron chi connectivity index (χ0n) is 21.8. The van der Waals surface area contributed by atoms with Crippen LogP contribution in [0.3, 0.4) is 0 Å². The minimum Gasteiger partial charge on any atom is -0.437 e. The molecule has 210 valence electrons. The minimum atomic E-state index is -0.839. The van der Waals surface area contributed by atoms with Crippen LogP contribution in [-0.4, -0.2) is 73.8 Å². The number of pyridine rings is 1. The van der Waals surface area contributed by atoms with Gasteiger partial charge in [-0.2, -0.15) is 0 Å². The predicted molar refractivity (Wildman–Crippen MR) is 148 cm³/mol. The average molecular weight is 578 g/mol. The number of halogens is 2. The lowest BCUT2D eigenvalue weighted by Crippen LogP contribution is -2.51. The van der Waals surface area contributed by atoms with Gasteiger partial charge in [0.1, 0.15) is 41.6 Å². The van der Waals surface area contributed by atoms with Crippen molar-refractivity contribution in [3.05, 3.63) is 65.5 Å². The molecule has 2 saturated heterocycles. The summed E-state index contributed by atoms with van der Waals surface area (Å²) in [5.74, 6) is 0.370. The number of piperidine rings is 1. The zero-order valence-corrected chi connectivity index (χ0v) is 22.5. The second kappa shape index (κ2) is 9.67. The number of hydrogen-bond donors (Lipinski definition) is 2. The summed E-state index contributed by atoms with van der Waals surface area (Å²) in [5, 5.41) is 13.1. The van der Waals surface area contributed by atoms with Gasteiger partial charge in [-0.1, -0.05) is 23.7 Å². The molecule has 11 nitrogen and oxygen atoms in total. The van der Waals surface area contributed by atoms with Gasteiger partial charge in [-0.15, -0.1) is 0 Å². The maximum atomic E-state index is 14.5. The van der Waals surface area contributed by atoms with Crippen molar-refractivity contribution in [3.8, 4) is 11.1 Å². The zero-order chi connectivity index (χ0) is 28.3. The molecule has 41 heavy (non-hydrogen) atoms. The van der Waals surface area contributed by atoms with Crippen LogP contribution in [0.25, 0.3) is 22.2 Å². The molecule has 0 bridgehead atoms. The van der Waals surface area contributed by atoms with E-state index in [9.17, 15) is 19.1 Å². The van der Waals surface area contributed by atoms with Crippen LogP contribution in [0.4, 0.5) is 20.8 Å². The minimum absolute atomic E-state index is 0.0189. The van der Waals surface area contributed by atoms with E-state index >= 15 is 0 Å². The molecule has 2 N–H and O–H groups in total. The predicted octanol–water partition coefficient (Wildman–Crippen LogP) is 3.55. The Balaban J connectivity index is 1.19. The molecule has 4 aromatic rings. The lowest BCUT2D eigenvalue weighted by molar-refractivity contribution is -0.136. The average Bonchev–Trinajstić information content (AvgIpc) is 3.31. The van der Waals surface area contributed by atoms with Crippen molar-refractivity contribution in [2.75, 3.05) is 36.4 Å². The van der Waals surface area contributed by atoms with Gasteiger partial charge in [0.2, 0.25) is 5.91 Å². The lowest BCUT2D eigenvalue weighted by Gasteiger charge is -2.43. The number of amides is 2. The number of aliphatic hydroxyl groups excluding tert-OH is 1. The van der Waals surface area contributed by atoms with Gasteiger partial charge < -0.3 is 24.2 Å². The van der Waals surface area contributed by atoms with Gasteiger partial charge in [0.25, 0.3) is 0 Å². The number of likely N-dealkylation sites (tertiary alicyclic amines) is 1. The number of nitrogens with one attached hydrogen (secondary N) is 1. The normalized spacial score (nSPS) is 18.2. The van der Waals surface area contributed by atoms with E-state index in [1.54, 1.807) is 40.1 Å². The van der Waals surface area contributed by atoms with E-state index < -0.39 is 23.6 Å². The fourth-order valence-corrected chi connectivity index (χ4v) is 6.20. The van der Waals surface area contributed by atoms with E-state index in [2.05, 4.69) is 20.3 Å². The monoisotopic (exact) mass is 577 g/mol. The van der Waals surface area contributed by atoms with Crippen molar-refractivity contribution < 1.29 is 23.8 Å². The lowest BCUT2D eigenvalue weighted by atomic mass is 9.83. The number of nitrogens with zero attached hydrogens (tertiary/aromatic N) is 6. The summed E-state index contributed by atoms with van der Waals surface area (Å²) in [5.41, 5.74) is 1.52. The first kappa shape index (κ1) is 25.7. The van der Waals surface area contributed by atoms with Crippen molar-refractivity contribution in [1.29, 1.82) is 0 Å². The Kier molecular flexibility index (Phi) is 6.05. The van der Waals surface area contributed by atoms with Crippen molar-refractivity contribution in [3.63, 3.8) is 0 Å². The molecule has 1 spiro atoms. The van der Waals surface area contributed by atoms with Gasteiger partial charge in [0.15, 0.2) is 0 Å². The van der Waals surface area contributed by atoms with Gasteiger partial charge in [-0.05, 0) is 18.2 Å². The third-order valence-corrected chi connectivity index (χ3v) is 8.46. The summed E-state index contributed by atoms with van der Waals surface area (Å²) < 4.78 is 22.0. The summed E-state index contributed by atoms with van der Waals surface area (Å²) in [6.07, 6.45) is 4.64. The standard InChI is InChI=1S/C28H25ClFN7O4/c29-23-17(3-1-5-20(23)30)18-13-37(26-22(18)25(32-15-33-26)36-11-16(38)12-36)14-21(39)35-9-6-28(7-10-35)19-4-2-8-31-24(19)34-27(40)41-28/h1-5,8,13,15-16,38H,6-7,9-12,14H2,(H,31,34,40). The van der Waals surface area contributed by atoms with Gasteiger partial charge in [-0.3, -0.25) is 10.1 Å². The highest BCUT2D eigenvalue weighted by atomic mass is 35.5. The molecular weight excluding hydrogens is 553 g/mol. The Morgan fingerprint density at radius 3 is 2.73 bits per heavy atom. The van der Waals surface area contributed by atoms with E-state index in [-0.39, 0.29) is 17.5 Å². The molecule has 3 aliphatic heterocycles. The molecule has 1 aromatic carbocycles. The maximum absolute atomic E-state index is 14.5. The molecular formula is C28H25ClFN7O4. The first-order valence-electron chi connectivity index (χ1n) is 13.3. The highest BCUT2D eigenvalue weighted by molar-refractivity contribution is 6.34. The van der Waals surface area contributed by atoms with Gasteiger partial charge in [0, 0.05) is 68.1 Å². The van der Waals surface area contributed by atoms with E-state index in [1.165, 1.54) is 12.4 Å². The molecule has 2 amide bonds. The number of fused-ring (bicyclic) bond motifs is 3. The molecule has 0 radical (unpaired) electrons. The van der Waals surface area contributed by atoms with Gasteiger partial charge in [0.05, 0.1) is 16.5 Å². The highest BCUT2D eigenvalue weighted by Crippen LogP contribution is 2.43. The number of β-amino-alcohol motifs (C(OH)–C–C–N with tert-alkyl or cyclic N) is 1. The first-order chi connectivity index (χ1) is 19.8. The number of hydrogen-bond acceptors (Lipinski definition) is 8. The fourth-order valence-electron chi connectivity index (χ4n) is 5.97. The molecule has 0 unspecified atom stereocenters. The summed E-state index contributed by atoms with van der Waals surface area (Å²) in [6, 6.07) is 8.26. The highest BCUT2D eigenvalue weighted by Gasteiger charge is 2.45. The number of benzene rings is 1. The van der Waals surface area contributed by atoms with Crippen molar-refractivity contribution in [2.45, 2.75) is 31.1 Å². The number of carbonyl (C=O) groups is 2. The Hall–Kier alpha value is -4.29. The molecule has 0 saturated carbocycles. The van der Waals surface area contributed by atoms with E-state index in [0.717, 1.165) is 5.56 Å². The maximum Gasteiger partial charge on any atom is 0.413 e. The molecule has 6 heterocycles. The smallest absolute Gasteiger partial charge is 0.413 e. The second-order valence-corrected chi connectivity index (χ2v) is 10.9. The fraction of sp³-hybridized carbons (Fsp3) is 0.321. The first-order valence-corrected chi connectivity index (χ1v) is 13.7. The SMILES string of the molecule is O=C1Nc2ncccc2C2(CCN(C(=O)Cn3cc(-c4cccc(F)c4Cl)c4c(N5CC(O)C5)ncnc43)CC2)O1. The van der Waals surface area contributed by atoms with Crippen LogP contribution in [0.5, 0.6) is 0 Å². The second-order valence-electron chi connectivity index (χ2n) is 10.5. The van der Waals surface area contributed by atoms with E-state index in [0.29, 0.717) is 72.8 Å². The van der Waals surface area contributed by atoms with Crippen LogP contribution in [0.2, 0.25) is 5.02 Å². The largest absolute Gasteiger partial charge is 0.437 e. The van der Waals surface area contributed by atoms with Crippen LogP contribution in [0, 0.1) is 5.82 Å². The Bertz CT molecular complexity index is 1700. The van der Waals surface area contributed by atoms with Crippen molar-refractivity contribution in [2.24, 2.45) is 0 Å². The Labute approximate surface area is 238 Å². The van der Waals surface area contributed by atoms with Gasteiger partial charge >= 0.3 is 6.09 Å². The van der Waals surface area contributed by atoms with Crippen LogP contribution in [0.1, 0.15) is 18.4 Å². The Morgan fingerprint density at radius 2 is 1.95 bits per heavy atom. The molecule has 3 aromatic heterocycles. The third-order valence-electron chi connectivity index (χ3n) is 8.07. The van der Waals surface area contributed by atoms with E-state index in [4.69, 9.17) is 16.3 Å². The molecule has 3 aliphatic rings. The Morgan fingerprint density at radius 1 is 1.15 bits per heavy atom. The quantitative estimate of drug-likeness (QED) is 0.377. The topological polar surface area (TPSA) is 126 Å². The van der Waals surface area contributed by atoms with Crippen LogP contribution < -0.4 is 10.2 Å². The van der Waals surface area contributed by atoms with Crippen LogP contribution in [0.15, 0.2) is 49.1 Å². The van der Waals surface area contributed by atoms with Crippen LogP contribution in [-0.2, 0) is 21.7 Å². The molecule has 13 heteroatoms. The molecule has 0 atom stereocenters. The number of anilines is 2. The van der Waals surface area contributed by atoms with Gasteiger partial charge in [-0.25, -0.2) is 24.1 Å². The summed E-state index contributed by atoms with van der Waals surface area (Å²) in [4.78, 5) is 42.7. The molecule has 2 fully saturated rings. The number of rotatable bonds is 4. The number of aliphatic hydroxyl groups is 1. The molecule has 0 aliphatic carbocycles.